The summed E-state index contributed by atoms with van der Waals surface area (Å²) in [4.78, 5) is 5.22. The molecule has 7 heteroatoms. The number of imidazole rings is 2. The SMILES string of the molecule is COc1ccc2c(c1C)n(-c1c3c(cc[n+]1C)oc1ccccc13)c1nc3[c]([BiH2])cccc3n21. The molecule has 7 aromatic rings. The van der Waals surface area contributed by atoms with Gasteiger partial charge in [-0.25, -0.2) is 0 Å². The van der Waals surface area contributed by atoms with Crippen molar-refractivity contribution in [2.75, 3.05) is 7.11 Å². The zero-order chi connectivity index (χ0) is 23.1. The maximum absolute atomic E-state index is 6.25. The van der Waals surface area contributed by atoms with Crippen molar-refractivity contribution >= 4 is 77.8 Å². The van der Waals surface area contributed by atoms with Gasteiger partial charge in [-0.05, 0) is 0 Å². The zero-order valence-corrected chi connectivity index (χ0v) is 23.5. The Morgan fingerprint density at radius 2 is 1.82 bits per heavy atom. The van der Waals surface area contributed by atoms with E-state index >= 15 is 0 Å². The second kappa shape index (κ2) is 7.03. The van der Waals surface area contributed by atoms with Crippen LogP contribution in [0.15, 0.2) is 71.3 Å². The molecule has 0 N–H and O–H groups in total. The summed E-state index contributed by atoms with van der Waals surface area (Å²) in [5.74, 6) is 2.77. The molecule has 0 aliphatic heterocycles. The fourth-order valence-corrected chi connectivity index (χ4v) is 6.51. The first-order chi connectivity index (χ1) is 16.6. The number of hydrogen-bond acceptors (Lipinski definition) is 3. The first kappa shape index (κ1) is 20.0. The predicted molar refractivity (Wildman–Crippen MR) is 137 cm³/mol. The number of hydrogen-bond donors (Lipinski definition) is 0. The number of methoxy groups -OCH3 is 1. The van der Waals surface area contributed by atoms with Gasteiger partial charge in [0, 0.05) is 0 Å². The molecule has 0 saturated heterocycles. The quantitative estimate of drug-likeness (QED) is 0.213. The number of pyridine rings is 1. The van der Waals surface area contributed by atoms with Crippen molar-refractivity contribution in [3.05, 3.63) is 72.4 Å². The number of aryl methyl sites for hydroxylation is 2. The molecule has 6 nitrogen and oxygen atoms in total. The Morgan fingerprint density at radius 3 is 2.68 bits per heavy atom. The summed E-state index contributed by atoms with van der Waals surface area (Å²) in [7, 11) is 3.80. The third kappa shape index (κ3) is 2.48. The van der Waals surface area contributed by atoms with Crippen LogP contribution in [-0.2, 0) is 7.05 Å². The normalized spacial score (nSPS) is 12.1. The Morgan fingerprint density at radius 1 is 0.971 bits per heavy atom. The second-order valence-corrected chi connectivity index (χ2v) is 11.1. The van der Waals surface area contributed by atoms with Gasteiger partial charge >= 0.3 is 211 Å². The Hall–Kier alpha value is -3.44. The van der Waals surface area contributed by atoms with Crippen LogP contribution < -0.4 is 12.6 Å². The average Bonchev–Trinajstić information content (AvgIpc) is 3.50. The van der Waals surface area contributed by atoms with Gasteiger partial charge in [0.15, 0.2) is 0 Å². The Bertz CT molecular complexity index is 1940. The average molecular weight is 643 g/mol. The van der Waals surface area contributed by atoms with Crippen molar-refractivity contribution in [1.29, 1.82) is 0 Å². The number of furan rings is 1. The van der Waals surface area contributed by atoms with Crippen LogP contribution in [0.25, 0.3) is 55.6 Å². The second-order valence-electron chi connectivity index (χ2n) is 8.65. The number of benzene rings is 3. The van der Waals surface area contributed by atoms with Crippen molar-refractivity contribution in [3.8, 4) is 11.6 Å². The summed E-state index contributed by atoms with van der Waals surface area (Å²) in [6, 6.07) is 20.9. The fraction of sp³-hybridized carbons (Fsp3) is 0.111. The maximum atomic E-state index is 6.25. The Balaban J connectivity index is 1.79. The third-order valence-electron chi connectivity index (χ3n) is 6.78. The van der Waals surface area contributed by atoms with Gasteiger partial charge in [-0.15, -0.1) is 0 Å². The Kier molecular flexibility index (Phi) is 4.13. The minimum absolute atomic E-state index is 0.701. The topological polar surface area (TPSA) is 48.5 Å². The third-order valence-corrected chi connectivity index (χ3v) is 8.60. The van der Waals surface area contributed by atoms with Crippen molar-refractivity contribution in [1.82, 2.24) is 14.0 Å². The van der Waals surface area contributed by atoms with Gasteiger partial charge in [0.05, 0.1) is 0 Å². The molecular weight excluding hydrogens is 621 g/mol. The number of rotatable bonds is 2. The van der Waals surface area contributed by atoms with E-state index in [-0.39, 0.29) is 0 Å². The molecule has 0 radical (unpaired) electrons. The van der Waals surface area contributed by atoms with Crippen LogP contribution in [0.4, 0.5) is 0 Å². The molecule has 0 saturated carbocycles. The molecule has 3 aromatic carbocycles. The van der Waals surface area contributed by atoms with E-state index in [4.69, 9.17) is 14.1 Å². The summed E-state index contributed by atoms with van der Waals surface area (Å²) in [6.07, 6.45) is 2.06. The van der Waals surface area contributed by atoms with Crippen LogP contribution >= 0.6 is 0 Å². The predicted octanol–water partition coefficient (Wildman–Crippen LogP) is 3.73. The zero-order valence-electron chi connectivity index (χ0n) is 19.0. The van der Waals surface area contributed by atoms with Gasteiger partial charge in [-0.2, -0.15) is 0 Å². The molecule has 34 heavy (non-hydrogen) atoms. The van der Waals surface area contributed by atoms with Gasteiger partial charge < -0.3 is 0 Å². The molecule has 4 heterocycles. The molecule has 0 unspecified atom stereocenters. The van der Waals surface area contributed by atoms with E-state index in [9.17, 15) is 0 Å². The van der Waals surface area contributed by atoms with Gasteiger partial charge in [0.25, 0.3) is 0 Å². The van der Waals surface area contributed by atoms with Crippen molar-refractivity contribution in [2.24, 2.45) is 7.05 Å². The summed E-state index contributed by atoms with van der Waals surface area (Å²) >= 11 is 0.701. The molecule has 0 atom stereocenters. The molecule has 0 fully saturated rings. The van der Waals surface area contributed by atoms with E-state index in [1.54, 1.807) is 7.11 Å². The summed E-state index contributed by atoms with van der Waals surface area (Å²) < 4.78 is 20.0. The van der Waals surface area contributed by atoms with Crippen LogP contribution in [0.1, 0.15) is 5.56 Å². The summed E-state index contributed by atoms with van der Waals surface area (Å²) in [6.45, 7) is 2.12. The first-order valence-corrected chi connectivity index (χ1v) is 13.4. The van der Waals surface area contributed by atoms with Crippen molar-refractivity contribution < 1.29 is 13.7 Å². The van der Waals surface area contributed by atoms with E-state index < -0.39 is 0 Å². The molecule has 0 spiro atoms. The molecule has 0 aliphatic carbocycles. The van der Waals surface area contributed by atoms with Crippen LogP contribution in [0, 0.1) is 6.92 Å². The summed E-state index contributed by atoms with van der Waals surface area (Å²) in [5, 5.41) is 2.16. The minimum atomic E-state index is 0.701. The fourth-order valence-electron chi connectivity index (χ4n) is 5.26. The molecule has 0 aliphatic rings. The van der Waals surface area contributed by atoms with Gasteiger partial charge in [0.2, 0.25) is 0 Å². The number of para-hydroxylation sites is 2. The number of aromatic nitrogens is 4. The van der Waals surface area contributed by atoms with Crippen molar-refractivity contribution in [2.45, 2.75) is 6.92 Å². The van der Waals surface area contributed by atoms with Crippen LogP contribution in [0.3, 0.4) is 0 Å². The van der Waals surface area contributed by atoms with Gasteiger partial charge in [-0.3, -0.25) is 0 Å². The molecular formula is C27H22BiN4O2+. The van der Waals surface area contributed by atoms with E-state index in [1.165, 1.54) is 3.27 Å². The summed E-state index contributed by atoms with van der Waals surface area (Å²) in [5.41, 5.74) is 7.22. The van der Waals surface area contributed by atoms with E-state index in [1.807, 2.05) is 24.3 Å². The number of nitrogens with zero attached hydrogens (tertiary/aromatic N) is 4. The standard InChI is InChI=1S/C27H20N4O2.Bi.2H/c1-16-21(32-3)13-12-20-25(16)31(27-28-18-9-5-6-10-19(18)30(20)27)26-24-17-8-4-7-11-22(17)33-23(24)14-15-29(26)2;;;/h4-8,10-15H,1-3H3;;;/q+1;;;. The van der Waals surface area contributed by atoms with Gasteiger partial charge in [0.1, 0.15) is 0 Å². The van der Waals surface area contributed by atoms with Crippen molar-refractivity contribution in [3.63, 3.8) is 0 Å². The van der Waals surface area contributed by atoms with Crippen LogP contribution in [0.2, 0.25) is 0 Å². The molecule has 0 bridgehead atoms. The number of fused-ring (bicyclic) bond motifs is 8. The van der Waals surface area contributed by atoms with Gasteiger partial charge in [-0.1, -0.05) is 0 Å². The molecule has 166 valence electrons. The van der Waals surface area contributed by atoms with E-state index in [2.05, 4.69) is 70.1 Å². The van der Waals surface area contributed by atoms with Crippen LogP contribution in [0.5, 0.6) is 5.75 Å². The Labute approximate surface area is 209 Å². The van der Waals surface area contributed by atoms with E-state index in [0.717, 1.165) is 66.9 Å². The molecule has 0 amide bonds. The molecule has 7 rings (SSSR count). The molecule has 4 aromatic heterocycles. The van der Waals surface area contributed by atoms with E-state index in [0.29, 0.717) is 24.7 Å². The monoisotopic (exact) mass is 643 g/mol. The number of ether oxygens (including phenoxy) is 1. The first-order valence-electron chi connectivity index (χ1n) is 11.1. The van der Waals surface area contributed by atoms with Crippen LogP contribution in [-0.4, -0.2) is 45.8 Å².